The van der Waals surface area contributed by atoms with Gasteiger partial charge in [-0.15, -0.1) is 0 Å². The second kappa shape index (κ2) is 4.53. The van der Waals surface area contributed by atoms with E-state index in [2.05, 4.69) is 0 Å². The van der Waals surface area contributed by atoms with E-state index >= 15 is 0 Å². The SMILES string of the molecule is CC1OC(n2ccc(=O)[nH]c2=O)[C@](O)(F)[C@H](O)[C@@H]1O. The highest BCUT2D eigenvalue weighted by Crippen LogP contribution is 2.36. The molecule has 0 saturated carbocycles. The number of hydrogen-bond acceptors (Lipinski definition) is 6. The molecule has 1 aliphatic heterocycles. The number of H-pyrrole nitrogens is 1. The fourth-order valence-electron chi connectivity index (χ4n) is 1.89. The monoisotopic (exact) mass is 276 g/mol. The Morgan fingerprint density at radius 1 is 1.47 bits per heavy atom. The van der Waals surface area contributed by atoms with E-state index < -0.39 is 41.6 Å². The molecule has 0 bridgehead atoms. The van der Waals surface area contributed by atoms with Gasteiger partial charge in [-0.2, -0.15) is 0 Å². The van der Waals surface area contributed by atoms with Gasteiger partial charge in [-0.05, 0) is 6.92 Å². The molecule has 2 unspecified atom stereocenters. The smallest absolute Gasteiger partial charge is 0.330 e. The van der Waals surface area contributed by atoms with Crippen molar-refractivity contribution in [3.05, 3.63) is 33.1 Å². The molecule has 0 spiro atoms. The van der Waals surface area contributed by atoms with Crippen LogP contribution in [0.4, 0.5) is 4.39 Å². The summed E-state index contributed by atoms with van der Waals surface area (Å²) in [6.45, 7) is 1.34. The Kier molecular flexibility index (Phi) is 3.31. The highest BCUT2D eigenvalue weighted by atomic mass is 19.2. The average molecular weight is 276 g/mol. The summed E-state index contributed by atoms with van der Waals surface area (Å²) in [5.41, 5.74) is -1.71. The number of rotatable bonds is 1. The summed E-state index contributed by atoms with van der Waals surface area (Å²) in [6.07, 6.45) is -5.78. The fraction of sp³-hybridized carbons (Fsp3) is 0.600. The third-order valence-corrected chi connectivity index (χ3v) is 3.01. The van der Waals surface area contributed by atoms with Gasteiger partial charge in [0.15, 0.2) is 6.23 Å². The van der Waals surface area contributed by atoms with E-state index in [0.29, 0.717) is 4.57 Å². The summed E-state index contributed by atoms with van der Waals surface area (Å²) >= 11 is 0. The molecule has 1 fully saturated rings. The maximum Gasteiger partial charge on any atom is 0.330 e. The first-order valence-corrected chi connectivity index (χ1v) is 5.49. The van der Waals surface area contributed by atoms with Crippen molar-refractivity contribution in [1.29, 1.82) is 0 Å². The molecule has 2 rings (SSSR count). The van der Waals surface area contributed by atoms with Gasteiger partial charge in [0.25, 0.3) is 11.4 Å². The van der Waals surface area contributed by atoms with E-state index in [0.717, 1.165) is 12.3 Å². The molecule has 5 atom stereocenters. The van der Waals surface area contributed by atoms with Crippen LogP contribution in [0, 0.1) is 0 Å². The molecule has 106 valence electrons. The minimum atomic E-state index is -3.38. The van der Waals surface area contributed by atoms with Gasteiger partial charge in [-0.25, -0.2) is 9.18 Å². The number of aliphatic hydroxyl groups is 3. The number of aliphatic hydroxyl groups excluding tert-OH is 2. The van der Waals surface area contributed by atoms with Gasteiger partial charge in [-0.3, -0.25) is 14.3 Å². The molecule has 0 aromatic carbocycles. The van der Waals surface area contributed by atoms with E-state index in [1.165, 1.54) is 6.92 Å². The molecule has 0 aliphatic carbocycles. The van der Waals surface area contributed by atoms with E-state index in [-0.39, 0.29) is 0 Å². The minimum absolute atomic E-state index is 0.590. The quantitative estimate of drug-likeness (QED) is 0.463. The number of hydrogen-bond donors (Lipinski definition) is 4. The molecule has 1 aromatic heterocycles. The van der Waals surface area contributed by atoms with Crippen LogP contribution in [0.2, 0.25) is 0 Å². The van der Waals surface area contributed by atoms with Crippen molar-refractivity contribution in [3.8, 4) is 0 Å². The third-order valence-electron chi connectivity index (χ3n) is 3.01. The molecular formula is C10H13FN2O6. The van der Waals surface area contributed by atoms with Crippen LogP contribution in [0.25, 0.3) is 0 Å². The lowest BCUT2D eigenvalue weighted by Gasteiger charge is -2.43. The maximum absolute atomic E-state index is 14.1. The van der Waals surface area contributed by atoms with E-state index in [1.54, 1.807) is 0 Å². The van der Waals surface area contributed by atoms with Crippen molar-refractivity contribution in [3.63, 3.8) is 0 Å². The molecule has 2 heterocycles. The van der Waals surface area contributed by atoms with Crippen LogP contribution in [-0.4, -0.2) is 49.0 Å². The fourth-order valence-corrected chi connectivity index (χ4v) is 1.89. The molecule has 1 aliphatic rings. The van der Waals surface area contributed by atoms with E-state index in [9.17, 15) is 29.3 Å². The van der Waals surface area contributed by atoms with Crippen LogP contribution >= 0.6 is 0 Å². The number of aromatic amines is 1. The maximum atomic E-state index is 14.1. The molecular weight excluding hydrogens is 263 g/mol. The first kappa shape index (κ1) is 13.9. The zero-order valence-electron chi connectivity index (χ0n) is 9.86. The van der Waals surface area contributed by atoms with Crippen LogP contribution in [0.5, 0.6) is 0 Å². The van der Waals surface area contributed by atoms with Crippen LogP contribution in [0.15, 0.2) is 21.9 Å². The van der Waals surface area contributed by atoms with Gasteiger partial charge < -0.3 is 20.1 Å². The Bertz CT molecular complexity index is 582. The van der Waals surface area contributed by atoms with Crippen LogP contribution in [0.1, 0.15) is 13.2 Å². The van der Waals surface area contributed by atoms with Crippen molar-refractivity contribution in [2.75, 3.05) is 0 Å². The topological polar surface area (TPSA) is 125 Å². The highest BCUT2D eigenvalue weighted by Gasteiger charge is 2.55. The van der Waals surface area contributed by atoms with Gasteiger partial charge in [0, 0.05) is 12.3 Å². The van der Waals surface area contributed by atoms with Crippen LogP contribution in [0.3, 0.4) is 0 Å². The van der Waals surface area contributed by atoms with Gasteiger partial charge in [0.05, 0.1) is 6.10 Å². The predicted molar refractivity (Wildman–Crippen MR) is 59.0 cm³/mol. The number of ether oxygens (including phenoxy) is 1. The van der Waals surface area contributed by atoms with Crippen LogP contribution < -0.4 is 11.2 Å². The molecule has 0 amide bonds. The zero-order chi connectivity index (χ0) is 14.4. The van der Waals surface area contributed by atoms with Gasteiger partial charge in [-0.1, -0.05) is 0 Å². The standard InChI is InChI=1S/C10H13FN2O6/c1-4-6(15)7(16)10(11,18)8(19-4)13-3-2-5(14)12-9(13)17/h2-4,6-8,15-16,18H,1H3,(H,12,14,17)/t4?,6-,7-,8?,10+/m1/s1. The van der Waals surface area contributed by atoms with Gasteiger partial charge >= 0.3 is 5.69 Å². The third kappa shape index (κ3) is 2.21. The van der Waals surface area contributed by atoms with E-state index in [1.807, 2.05) is 4.98 Å². The average Bonchev–Trinajstić information content (AvgIpc) is 2.33. The van der Waals surface area contributed by atoms with Crippen molar-refractivity contribution in [2.45, 2.75) is 37.3 Å². The molecule has 0 radical (unpaired) electrons. The van der Waals surface area contributed by atoms with Gasteiger partial charge in [0.2, 0.25) is 0 Å². The Hall–Kier alpha value is -1.55. The molecule has 1 aromatic rings. The predicted octanol–water partition coefficient (Wildman–Crippen LogP) is -2.17. The summed E-state index contributed by atoms with van der Waals surface area (Å²) < 4.78 is 19.7. The lowest BCUT2D eigenvalue weighted by atomic mass is 9.97. The van der Waals surface area contributed by atoms with Crippen molar-refractivity contribution in [1.82, 2.24) is 9.55 Å². The second-order valence-corrected chi connectivity index (χ2v) is 4.37. The van der Waals surface area contributed by atoms with Gasteiger partial charge in [0.1, 0.15) is 12.2 Å². The number of nitrogens with one attached hydrogen (secondary N) is 1. The lowest BCUT2D eigenvalue weighted by Crippen LogP contribution is -2.62. The first-order chi connectivity index (χ1) is 8.75. The summed E-state index contributed by atoms with van der Waals surface area (Å²) in [5, 5.41) is 28.5. The molecule has 1 saturated heterocycles. The largest absolute Gasteiger partial charge is 0.387 e. The normalized spacial score (nSPS) is 39.2. The summed E-state index contributed by atoms with van der Waals surface area (Å²) in [4.78, 5) is 24.3. The number of aromatic nitrogens is 2. The zero-order valence-corrected chi connectivity index (χ0v) is 9.86. The highest BCUT2D eigenvalue weighted by molar-refractivity contribution is 4.97. The van der Waals surface area contributed by atoms with E-state index in [4.69, 9.17) is 4.74 Å². The molecule has 9 heteroatoms. The number of halogens is 1. The molecule has 4 N–H and O–H groups in total. The Morgan fingerprint density at radius 3 is 2.68 bits per heavy atom. The van der Waals surface area contributed by atoms with Crippen LogP contribution in [-0.2, 0) is 4.74 Å². The van der Waals surface area contributed by atoms with Crippen molar-refractivity contribution in [2.24, 2.45) is 0 Å². The van der Waals surface area contributed by atoms with Crippen molar-refractivity contribution >= 4 is 0 Å². The Morgan fingerprint density at radius 2 is 2.11 bits per heavy atom. The second-order valence-electron chi connectivity index (χ2n) is 4.37. The Balaban J connectivity index is 2.48. The molecule has 19 heavy (non-hydrogen) atoms. The summed E-state index contributed by atoms with van der Waals surface area (Å²) in [6, 6.07) is 0.933. The number of nitrogens with zero attached hydrogens (tertiary/aromatic N) is 1. The summed E-state index contributed by atoms with van der Waals surface area (Å²) in [5.74, 6) is -3.38. The lowest BCUT2D eigenvalue weighted by molar-refractivity contribution is -0.337. The number of alkyl halides is 1. The first-order valence-electron chi connectivity index (χ1n) is 5.49. The molecule has 8 nitrogen and oxygen atoms in total. The summed E-state index contributed by atoms with van der Waals surface area (Å²) in [7, 11) is 0. The Labute approximate surface area is 105 Å². The minimum Gasteiger partial charge on any atom is -0.387 e. The van der Waals surface area contributed by atoms with Crippen molar-refractivity contribution < 1.29 is 24.4 Å².